The standard InChI is InChI=1S/C7H12OS/c1-4-7(2,3)5-6(8)9/h4H,1,5H2,2-3H3,(H,8,9). The molecule has 0 aliphatic heterocycles. The van der Waals surface area contributed by atoms with Gasteiger partial charge >= 0.3 is 0 Å². The van der Waals surface area contributed by atoms with Gasteiger partial charge in [0.1, 0.15) is 0 Å². The SMILES string of the molecule is C=CC(C)(C)CC(=O)S. The van der Waals surface area contributed by atoms with E-state index >= 15 is 0 Å². The van der Waals surface area contributed by atoms with Gasteiger partial charge in [0.25, 0.3) is 0 Å². The van der Waals surface area contributed by atoms with Crippen LogP contribution in [0.4, 0.5) is 0 Å². The number of rotatable bonds is 3. The van der Waals surface area contributed by atoms with E-state index in [1.54, 1.807) is 6.08 Å². The molecule has 0 unspecified atom stereocenters. The first-order chi connectivity index (χ1) is 3.98. The summed E-state index contributed by atoms with van der Waals surface area (Å²) >= 11 is 3.66. The second kappa shape index (κ2) is 3.06. The molecule has 0 fully saturated rings. The van der Waals surface area contributed by atoms with Crippen molar-refractivity contribution in [3.63, 3.8) is 0 Å². The Morgan fingerprint density at radius 1 is 1.78 bits per heavy atom. The van der Waals surface area contributed by atoms with E-state index in [1.807, 2.05) is 13.8 Å². The zero-order valence-corrected chi connectivity index (χ0v) is 6.74. The molecule has 0 amide bonds. The molecule has 0 aliphatic rings. The molecule has 0 aromatic rings. The molecule has 1 nitrogen and oxygen atoms in total. The van der Waals surface area contributed by atoms with E-state index < -0.39 is 0 Å². The number of hydrogen-bond acceptors (Lipinski definition) is 1. The second-order valence-electron chi connectivity index (χ2n) is 2.76. The summed E-state index contributed by atoms with van der Waals surface area (Å²) in [5.74, 6) is 0. The zero-order valence-electron chi connectivity index (χ0n) is 5.85. The Morgan fingerprint density at radius 3 is 2.33 bits per heavy atom. The van der Waals surface area contributed by atoms with Gasteiger partial charge in [-0.3, -0.25) is 4.79 Å². The minimum Gasteiger partial charge on any atom is -0.287 e. The lowest BCUT2D eigenvalue weighted by atomic mass is 9.90. The van der Waals surface area contributed by atoms with Crippen molar-refractivity contribution < 1.29 is 4.79 Å². The monoisotopic (exact) mass is 144 g/mol. The van der Waals surface area contributed by atoms with E-state index in [9.17, 15) is 4.79 Å². The summed E-state index contributed by atoms with van der Waals surface area (Å²) in [6, 6.07) is 0. The third-order valence-corrected chi connectivity index (χ3v) is 1.32. The highest BCUT2D eigenvalue weighted by Gasteiger charge is 2.14. The fourth-order valence-electron chi connectivity index (χ4n) is 0.462. The van der Waals surface area contributed by atoms with Crippen LogP contribution >= 0.6 is 12.6 Å². The Labute approximate surface area is 61.6 Å². The predicted molar refractivity (Wildman–Crippen MR) is 42.6 cm³/mol. The Hall–Kier alpha value is -0.240. The minimum absolute atomic E-state index is 0.0834. The number of allylic oxidation sites excluding steroid dienone is 1. The van der Waals surface area contributed by atoms with E-state index in [4.69, 9.17) is 0 Å². The highest BCUT2D eigenvalue weighted by Crippen LogP contribution is 2.21. The fourth-order valence-corrected chi connectivity index (χ4v) is 0.869. The summed E-state index contributed by atoms with van der Waals surface area (Å²) in [7, 11) is 0. The summed E-state index contributed by atoms with van der Waals surface area (Å²) in [5, 5.41) is -0.0834. The molecule has 0 spiro atoms. The molecule has 2 heteroatoms. The van der Waals surface area contributed by atoms with Crippen molar-refractivity contribution in [2.24, 2.45) is 5.41 Å². The first-order valence-electron chi connectivity index (χ1n) is 2.83. The number of carbonyl (C=O) groups excluding carboxylic acids is 1. The lowest BCUT2D eigenvalue weighted by Crippen LogP contribution is -2.10. The topological polar surface area (TPSA) is 17.1 Å². The summed E-state index contributed by atoms with van der Waals surface area (Å²) < 4.78 is 0. The van der Waals surface area contributed by atoms with E-state index in [1.165, 1.54) is 0 Å². The van der Waals surface area contributed by atoms with Crippen LogP contribution in [-0.4, -0.2) is 5.12 Å². The molecule has 52 valence electrons. The molecule has 0 aliphatic carbocycles. The third kappa shape index (κ3) is 4.28. The van der Waals surface area contributed by atoms with Gasteiger partial charge in [-0.2, -0.15) is 0 Å². The Kier molecular flexibility index (Phi) is 2.98. The lowest BCUT2D eigenvalue weighted by Gasteiger charge is -2.15. The van der Waals surface area contributed by atoms with Crippen molar-refractivity contribution in [1.29, 1.82) is 0 Å². The van der Waals surface area contributed by atoms with Gasteiger partial charge in [0.15, 0.2) is 5.12 Å². The maximum atomic E-state index is 10.4. The van der Waals surface area contributed by atoms with Crippen molar-refractivity contribution in [2.75, 3.05) is 0 Å². The highest BCUT2D eigenvalue weighted by molar-refractivity contribution is 7.96. The molecule has 0 N–H and O–H groups in total. The number of hydrogen-bond donors (Lipinski definition) is 1. The van der Waals surface area contributed by atoms with Gasteiger partial charge in [0, 0.05) is 6.42 Å². The van der Waals surface area contributed by atoms with Gasteiger partial charge in [0.05, 0.1) is 0 Å². The Bertz CT molecular complexity index is 127. The Balaban J connectivity index is 3.86. The normalized spacial score (nSPS) is 11.0. The maximum absolute atomic E-state index is 10.4. The molecular weight excluding hydrogens is 132 g/mol. The molecule has 0 atom stereocenters. The van der Waals surface area contributed by atoms with E-state index in [0.717, 1.165) is 0 Å². The van der Waals surface area contributed by atoms with Gasteiger partial charge < -0.3 is 0 Å². The first kappa shape index (κ1) is 8.76. The fraction of sp³-hybridized carbons (Fsp3) is 0.571. The van der Waals surface area contributed by atoms with Crippen molar-refractivity contribution in [1.82, 2.24) is 0 Å². The molecule has 0 bridgehead atoms. The molecule has 0 aromatic carbocycles. The van der Waals surface area contributed by atoms with Gasteiger partial charge in [-0.15, -0.1) is 19.2 Å². The molecule has 0 aromatic heterocycles. The van der Waals surface area contributed by atoms with Gasteiger partial charge in [-0.1, -0.05) is 19.9 Å². The summed E-state index contributed by atoms with van der Waals surface area (Å²) in [6.07, 6.45) is 2.22. The van der Waals surface area contributed by atoms with Crippen molar-refractivity contribution >= 4 is 17.7 Å². The molecule has 0 radical (unpaired) electrons. The Morgan fingerprint density at radius 2 is 2.22 bits per heavy atom. The van der Waals surface area contributed by atoms with Crippen LogP contribution in [0.15, 0.2) is 12.7 Å². The van der Waals surface area contributed by atoms with Gasteiger partial charge in [0.2, 0.25) is 0 Å². The summed E-state index contributed by atoms with van der Waals surface area (Å²) in [4.78, 5) is 10.4. The van der Waals surface area contributed by atoms with Crippen LogP contribution in [-0.2, 0) is 4.79 Å². The highest BCUT2D eigenvalue weighted by atomic mass is 32.1. The first-order valence-corrected chi connectivity index (χ1v) is 3.28. The molecule has 0 saturated carbocycles. The molecule has 0 heterocycles. The molecule has 0 rings (SSSR count). The van der Waals surface area contributed by atoms with Crippen LogP contribution in [0.1, 0.15) is 20.3 Å². The smallest absolute Gasteiger partial charge is 0.186 e. The van der Waals surface area contributed by atoms with Gasteiger partial charge in [-0.25, -0.2) is 0 Å². The van der Waals surface area contributed by atoms with Crippen LogP contribution in [0.3, 0.4) is 0 Å². The number of thiol groups is 1. The molecular formula is C7H12OS. The summed E-state index contributed by atoms with van der Waals surface area (Å²) in [6.45, 7) is 7.50. The van der Waals surface area contributed by atoms with Crippen molar-refractivity contribution in [3.05, 3.63) is 12.7 Å². The average molecular weight is 144 g/mol. The number of carbonyl (C=O) groups is 1. The molecule has 9 heavy (non-hydrogen) atoms. The van der Waals surface area contributed by atoms with Crippen molar-refractivity contribution in [2.45, 2.75) is 20.3 Å². The quantitative estimate of drug-likeness (QED) is 0.474. The minimum atomic E-state index is -0.0984. The van der Waals surface area contributed by atoms with Gasteiger partial charge in [-0.05, 0) is 5.41 Å². The average Bonchev–Trinajstić information content (AvgIpc) is 1.63. The second-order valence-corrected chi connectivity index (χ2v) is 3.26. The van der Waals surface area contributed by atoms with Crippen LogP contribution in [0.25, 0.3) is 0 Å². The van der Waals surface area contributed by atoms with Crippen LogP contribution < -0.4 is 0 Å². The predicted octanol–water partition coefficient (Wildman–Crippen LogP) is 2.05. The molecule has 0 saturated heterocycles. The summed E-state index contributed by atoms with van der Waals surface area (Å²) in [5.41, 5.74) is -0.0984. The van der Waals surface area contributed by atoms with Crippen LogP contribution in [0, 0.1) is 5.41 Å². The van der Waals surface area contributed by atoms with E-state index in [2.05, 4.69) is 19.2 Å². The van der Waals surface area contributed by atoms with Crippen LogP contribution in [0.2, 0.25) is 0 Å². The lowest BCUT2D eigenvalue weighted by molar-refractivity contribution is -0.112. The van der Waals surface area contributed by atoms with E-state index in [-0.39, 0.29) is 10.5 Å². The third-order valence-electron chi connectivity index (χ3n) is 1.16. The maximum Gasteiger partial charge on any atom is 0.186 e. The van der Waals surface area contributed by atoms with Crippen LogP contribution in [0.5, 0.6) is 0 Å². The largest absolute Gasteiger partial charge is 0.287 e. The van der Waals surface area contributed by atoms with Crippen molar-refractivity contribution in [3.8, 4) is 0 Å². The zero-order chi connectivity index (χ0) is 7.49. The van der Waals surface area contributed by atoms with E-state index in [0.29, 0.717) is 6.42 Å².